The van der Waals surface area contributed by atoms with Crippen LogP contribution in [0.2, 0.25) is 0 Å². The predicted octanol–water partition coefficient (Wildman–Crippen LogP) is 2.18. The number of para-hydroxylation sites is 2. The number of nitrogens with one attached hydrogen (secondary N) is 1. The van der Waals surface area contributed by atoms with Gasteiger partial charge in [-0.3, -0.25) is 0 Å². The molecule has 3 heterocycles. The van der Waals surface area contributed by atoms with Gasteiger partial charge in [-0.2, -0.15) is 15.0 Å². The van der Waals surface area contributed by atoms with Crippen molar-refractivity contribution in [3.63, 3.8) is 0 Å². The van der Waals surface area contributed by atoms with Crippen LogP contribution >= 0.6 is 11.8 Å². The van der Waals surface area contributed by atoms with Gasteiger partial charge in [-0.1, -0.05) is 30.0 Å². The lowest BCUT2D eigenvalue weighted by Crippen LogP contribution is -2.11. The Bertz CT molecular complexity index is 1260. The first-order chi connectivity index (χ1) is 15.9. The highest BCUT2D eigenvalue weighted by Gasteiger charge is 2.33. The predicted molar refractivity (Wildman–Crippen MR) is 126 cm³/mol. The Hall–Kier alpha value is -3.19. The van der Waals surface area contributed by atoms with Gasteiger partial charge >= 0.3 is 0 Å². The lowest BCUT2D eigenvalue weighted by Gasteiger charge is -2.12. The third-order valence-electron chi connectivity index (χ3n) is 5.04. The summed E-state index contributed by atoms with van der Waals surface area (Å²) in [6.45, 7) is 4.27. The molecular formula is C20H24N8O3S2. The summed E-state index contributed by atoms with van der Waals surface area (Å²) in [5, 5.41) is 12.3. The van der Waals surface area contributed by atoms with E-state index in [0.717, 1.165) is 0 Å². The molecule has 1 aliphatic heterocycles. The highest BCUT2D eigenvalue weighted by molar-refractivity contribution is 7.98. The highest BCUT2D eigenvalue weighted by atomic mass is 32.2. The molecule has 33 heavy (non-hydrogen) atoms. The lowest BCUT2D eigenvalue weighted by atomic mass is 10.1. The summed E-state index contributed by atoms with van der Waals surface area (Å²) >= 11 is 1.38. The van der Waals surface area contributed by atoms with Crippen molar-refractivity contribution >= 4 is 39.2 Å². The van der Waals surface area contributed by atoms with Crippen LogP contribution in [0.5, 0.6) is 5.75 Å². The van der Waals surface area contributed by atoms with Crippen molar-refractivity contribution in [2.75, 3.05) is 29.7 Å². The first kappa shape index (κ1) is 23.0. The number of benzene rings is 1. The standard InChI is InChI=1S/C20H24N8O3S2/c1-3-9-28-17(13-8-10-33(29,30)12-13)26-27-20(28)32-11-16-23-18(21)25-19(24-16)22-14-6-4-5-7-15(14)31-2/h3-7,13H,1,8-12H2,2H3,(H3,21,22,23,24,25). The Labute approximate surface area is 195 Å². The molecule has 1 unspecified atom stereocenters. The van der Waals surface area contributed by atoms with Crippen molar-refractivity contribution in [3.05, 3.63) is 48.6 Å². The molecule has 1 aliphatic rings. The quantitative estimate of drug-likeness (QED) is 0.337. The molecule has 4 rings (SSSR count). The molecule has 174 valence electrons. The topological polar surface area (TPSA) is 151 Å². The van der Waals surface area contributed by atoms with Crippen LogP contribution in [0.15, 0.2) is 42.1 Å². The van der Waals surface area contributed by atoms with Gasteiger partial charge in [-0.05, 0) is 18.6 Å². The van der Waals surface area contributed by atoms with Crippen LogP contribution in [0.1, 0.15) is 24.0 Å². The second kappa shape index (κ2) is 9.75. The number of hydrogen-bond acceptors (Lipinski definition) is 11. The summed E-state index contributed by atoms with van der Waals surface area (Å²) in [7, 11) is -1.45. The van der Waals surface area contributed by atoms with E-state index in [1.807, 2.05) is 28.8 Å². The fraction of sp³-hybridized carbons (Fsp3) is 0.350. The van der Waals surface area contributed by atoms with E-state index in [1.165, 1.54) is 11.8 Å². The Kier molecular flexibility index (Phi) is 6.79. The van der Waals surface area contributed by atoms with E-state index in [4.69, 9.17) is 10.5 Å². The SMILES string of the molecule is C=CCn1c(SCc2nc(N)nc(Nc3ccccc3OC)n2)nnc1C1CCS(=O)(=O)C1. The van der Waals surface area contributed by atoms with Crippen molar-refractivity contribution in [1.82, 2.24) is 29.7 Å². The smallest absolute Gasteiger partial charge is 0.232 e. The summed E-state index contributed by atoms with van der Waals surface area (Å²) in [6.07, 6.45) is 2.28. The molecule has 0 amide bonds. The van der Waals surface area contributed by atoms with Gasteiger partial charge in [0, 0.05) is 12.5 Å². The van der Waals surface area contributed by atoms with Crippen LogP contribution in [0.4, 0.5) is 17.6 Å². The number of aromatic nitrogens is 6. The molecule has 0 aliphatic carbocycles. The molecule has 0 spiro atoms. The van der Waals surface area contributed by atoms with Gasteiger partial charge in [0.25, 0.3) is 0 Å². The third-order valence-corrected chi connectivity index (χ3v) is 7.77. The van der Waals surface area contributed by atoms with Crippen molar-refractivity contribution in [1.29, 1.82) is 0 Å². The van der Waals surface area contributed by atoms with Gasteiger partial charge in [-0.15, -0.1) is 16.8 Å². The van der Waals surface area contributed by atoms with E-state index < -0.39 is 9.84 Å². The van der Waals surface area contributed by atoms with Crippen molar-refractivity contribution in [3.8, 4) is 5.75 Å². The van der Waals surface area contributed by atoms with Crippen LogP contribution in [-0.2, 0) is 22.1 Å². The molecule has 13 heteroatoms. The number of rotatable bonds is 9. The highest BCUT2D eigenvalue weighted by Crippen LogP contribution is 2.31. The minimum absolute atomic E-state index is 0.0856. The molecule has 0 bridgehead atoms. The van der Waals surface area contributed by atoms with Gasteiger partial charge < -0.3 is 20.4 Å². The monoisotopic (exact) mass is 488 g/mol. The Morgan fingerprint density at radius 3 is 2.85 bits per heavy atom. The molecule has 3 aromatic rings. The number of nitrogens with zero attached hydrogens (tertiary/aromatic N) is 6. The van der Waals surface area contributed by atoms with Crippen LogP contribution in [0.25, 0.3) is 0 Å². The Balaban J connectivity index is 1.52. The Morgan fingerprint density at radius 1 is 1.30 bits per heavy atom. The van der Waals surface area contributed by atoms with Gasteiger partial charge in [0.05, 0.1) is 30.1 Å². The van der Waals surface area contributed by atoms with Gasteiger partial charge in [0.15, 0.2) is 15.0 Å². The maximum atomic E-state index is 11.9. The number of thioether (sulfide) groups is 1. The summed E-state index contributed by atoms with van der Waals surface area (Å²) < 4.78 is 31.0. The number of nitrogens with two attached hydrogens (primary N) is 1. The van der Waals surface area contributed by atoms with Gasteiger partial charge in [-0.25, -0.2) is 8.42 Å². The fourth-order valence-electron chi connectivity index (χ4n) is 3.56. The van der Waals surface area contributed by atoms with Crippen molar-refractivity contribution < 1.29 is 13.2 Å². The van der Waals surface area contributed by atoms with E-state index in [-0.39, 0.29) is 23.4 Å². The average molecular weight is 489 g/mol. The summed E-state index contributed by atoms with van der Waals surface area (Å²) in [4.78, 5) is 12.8. The Morgan fingerprint density at radius 2 is 2.12 bits per heavy atom. The number of sulfone groups is 1. The largest absolute Gasteiger partial charge is 0.495 e. The molecule has 11 nitrogen and oxygen atoms in total. The van der Waals surface area contributed by atoms with Crippen LogP contribution in [0, 0.1) is 0 Å². The molecule has 1 aromatic carbocycles. The number of ether oxygens (including phenoxy) is 1. The number of anilines is 3. The summed E-state index contributed by atoms with van der Waals surface area (Å²) in [5.41, 5.74) is 6.60. The third kappa shape index (κ3) is 5.42. The molecule has 0 saturated carbocycles. The van der Waals surface area contributed by atoms with E-state index >= 15 is 0 Å². The first-order valence-electron chi connectivity index (χ1n) is 10.2. The van der Waals surface area contributed by atoms with E-state index in [2.05, 4.69) is 37.0 Å². The van der Waals surface area contributed by atoms with E-state index in [0.29, 0.717) is 52.9 Å². The lowest BCUT2D eigenvalue weighted by molar-refractivity contribution is 0.417. The zero-order valence-corrected chi connectivity index (χ0v) is 19.6. The second-order valence-electron chi connectivity index (χ2n) is 7.39. The van der Waals surface area contributed by atoms with Gasteiger partial charge in [0.1, 0.15) is 17.4 Å². The summed E-state index contributed by atoms with van der Waals surface area (Å²) in [5.74, 6) is 2.62. The average Bonchev–Trinajstić information content (AvgIpc) is 3.35. The number of nitrogen functional groups attached to an aromatic ring is 1. The van der Waals surface area contributed by atoms with E-state index in [1.54, 1.807) is 13.2 Å². The molecule has 2 aromatic heterocycles. The van der Waals surface area contributed by atoms with E-state index in [9.17, 15) is 8.42 Å². The maximum Gasteiger partial charge on any atom is 0.232 e. The molecule has 1 saturated heterocycles. The molecule has 3 N–H and O–H groups in total. The van der Waals surface area contributed by atoms with Crippen molar-refractivity contribution in [2.45, 2.75) is 29.8 Å². The number of allylic oxidation sites excluding steroid dienone is 1. The molecular weight excluding hydrogens is 464 g/mol. The zero-order valence-electron chi connectivity index (χ0n) is 18.0. The number of hydrogen-bond donors (Lipinski definition) is 2. The van der Waals surface area contributed by atoms with Crippen molar-refractivity contribution in [2.24, 2.45) is 0 Å². The first-order valence-corrected chi connectivity index (χ1v) is 13.0. The van der Waals surface area contributed by atoms with Crippen LogP contribution in [-0.4, -0.2) is 56.7 Å². The zero-order chi connectivity index (χ0) is 23.4. The maximum absolute atomic E-state index is 11.9. The van der Waals surface area contributed by atoms with Crippen LogP contribution in [0.3, 0.4) is 0 Å². The van der Waals surface area contributed by atoms with Crippen LogP contribution < -0.4 is 15.8 Å². The molecule has 1 fully saturated rings. The number of methoxy groups -OCH3 is 1. The minimum atomic E-state index is -3.03. The molecule has 1 atom stereocenters. The summed E-state index contributed by atoms with van der Waals surface area (Å²) in [6, 6.07) is 7.40. The fourth-order valence-corrected chi connectivity index (χ4v) is 6.11. The normalized spacial score (nSPS) is 17.1. The minimum Gasteiger partial charge on any atom is -0.495 e. The molecule has 0 radical (unpaired) electrons. The second-order valence-corrected chi connectivity index (χ2v) is 10.6. The van der Waals surface area contributed by atoms with Gasteiger partial charge in [0.2, 0.25) is 11.9 Å².